The van der Waals surface area contributed by atoms with Gasteiger partial charge in [0.15, 0.2) is 9.84 Å². The first-order valence-corrected chi connectivity index (χ1v) is 9.67. The lowest BCUT2D eigenvalue weighted by Gasteiger charge is -2.38. The Balaban J connectivity index is 0.00000288. The Hall–Kier alpha value is -1.11. The Bertz CT molecular complexity index is 659. The van der Waals surface area contributed by atoms with Crippen LogP contribution in [0, 0.1) is 5.92 Å². The van der Waals surface area contributed by atoms with E-state index in [1.165, 1.54) is 12.1 Å². The van der Waals surface area contributed by atoms with Crippen molar-refractivity contribution < 1.29 is 13.2 Å². The summed E-state index contributed by atoms with van der Waals surface area (Å²) in [5, 5.41) is -0.478. The summed E-state index contributed by atoms with van der Waals surface area (Å²) in [7, 11) is -3.31. The fourth-order valence-electron chi connectivity index (χ4n) is 2.97. The van der Waals surface area contributed by atoms with Gasteiger partial charge in [-0.1, -0.05) is 6.92 Å². The Kier molecular flexibility index (Phi) is 7.25. The lowest BCUT2D eigenvalue weighted by atomic mass is 9.92. The SMILES string of the molecule is CC1CCN(C(=O)c2ccc(S(=O)(=O)C(C)C)cc2)C(CN)C1.Cl. The maximum absolute atomic E-state index is 12.7. The van der Waals surface area contributed by atoms with Crippen molar-refractivity contribution in [2.24, 2.45) is 11.7 Å². The van der Waals surface area contributed by atoms with Crippen LogP contribution < -0.4 is 5.73 Å². The largest absolute Gasteiger partial charge is 0.334 e. The number of amides is 1. The number of nitrogens with zero attached hydrogens (tertiary/aromatic N) is 1. The van der Waals surface area contributed by atoms with E-state index in [9.17, 15) is 13.2 Å². The molecule has 1 heterocycles. The monoisotopic (exact) mass is 374 g/mol. The number of carbonyl (C=O) groups is 1. The number of carbonyl (C=O) groups excluding carboxylic acids is 1. The van der Waals surface area contributed by atoms with E-state index in [2.05, 4.69) is 6.92 Å². The molecule has 2 atom stereocenters. The fraction of sp³-hybridized carbons (Fsp3) is 0.588. The van der Waals surface area contributed by atoms with Gasteiger partial charge in [-0.25, -0.2) is 8.42 Å². The minimum Gasteiger partial charge on any atom is -0.334 e. The minimum atomic E-state index is -3.31. The molecule has 2 N–H and O–H groups in total. The first-order chi connectivity index (χ1) is 10.8. The quantitative estimate of drug-likeness (QED) is 0.877. The summed E-state index contributed by atoms with van der Waals surface area (Å²) >= 11 is 0. The number of sulfone groups is 1. The van der Waals surface area contributed by atoms with Crippen LogP contribution in [0.4, 0.5) is 0 Å². The summed E-state index contributed by atoms with van der Waals surface area (Å²) in [4.78, 5) is 14.8. The van der Waals surface area contributed by atoms with Crippen LogP contribution in [0.3, 0.4) is 0 Å². The molecule has 1 saturated heterocycles. The van der Waals surface area contributed by atoms with Crippen molar-refractivity contribution in [2.75, 3.05) is 13.1 Å². The Labute approximate surface area is 150 Å². The standard InChI is InChI=1S/C17H26N2O3S.ClH/c1-12(2)23(21,22)16-6-4-14(5-7-16)17(20)19-9-8-13(3)10-15(19)11-18;/h4-7,12-13,15H,8-11,18H2,1-3H3;1H. The highest BCUT2D eigenvalue weighted by atomic mass is 35.5. The third-order valence-electron chi connectivity index (χ3n) is 4.56. The number of piperidine rings is 1. The summed E-state index contributed by atoms with van der Waals surface area (Å²) in [6, 6.07) is 6.30. The van der Waals surface area contributed by atoms with E-state index >= 15 is 0 Å². The zero-order valence-corrected chi connectivity index (χ0v) is 16.1. The van der Waals surface area contributed by atoms with Crippen LogP contribution in [-0.2, 0) is 9.84 Å². The molecule has 1 amide bonds. The van der Waals surface area contributed by atoms with Gasteiger partial charge < -0.3 is 10.6 Å². The molecule has 2 unspecified atom stereocenters. The second-order valence-electron chi connectivity index (χ2n) is 6.64. The molecule has 1 aromatic carbocycles. The summed E-state index contributed by atoms with van der Waals surface area (Å²) in [5.41, 5.74) is 6.33. The van der Waals surface area contributed by atoms with E-state index < -0.39 is 15.1 Å². The van der Waals surface area contributed by atoms with Gasteiger partial charge in [0, 0.05) is 24.7 Å². The van der Waals surface area contributed by atoms with Gasteiger partial charge in [0.25, 0.3) is 5.91 Å². The second kappa shape index (κ2) is 8.32. The Morgan fingerprint density at radius 3 is 2.38 bits per heavy atom. The molecule has 0 bridgehead atoms. The molecule has 5 nitrogen and oxygen atoms in total. The van der Waals surface area contributed by atoms with Crippen LogP contribution in [0.1, 0.15) is 44.0 Å². The lowest BCUT2D eigenvalue weighted by molar-refractivity contribution is 0.0573. The van der Waals surface area contributed by atoms with Gasteiger partial charge in [-0.2, -0.15) is 0 Å². The van der Waals surface area contributed by atoms with Crippen molar-refractivity contribution in [1.82, 2.24) is 4.90 Å². The lowest BCUT2D eigenvalue weighted by Crippen LogP contribution is -2.49. The van der Waals surface area contributed by atoms with E-state index in [-0.39, 0.29) is 29.3 Å². The molecular weight excluding hydrogens is 348 g/mol. The van der Waals surface area contributed by atoms with Crippen LogP contribution in [-0.4, -0.2) is 43.6 Å². The maximum atomic E-state index is 12.7. The molecule has 7 heteroatoms. The first-order valence-electron chi connectivity index (χ1n) is 8.12. The number of likely N-dealkylation sites (tertiary alicyclic amines) is 1. The number of nitrogens with two attached hydrogens (primary N) is 1. The third kappa shape index (κ3) is 4.29. The van der Waals surface area contributed by atoms with E-state index in [0.29, 0.717) is 24.6 Å². The highest BCUT2D eigenvalue weighted by molar-refractivity contribution is 7.92. The molecule has 24 heavy (non-hydrogen) atoms. The normalized spacial score (nSPS) is 21.5. The van der Waals surface area contributed by atoms with E-state index in [0.717, 1.165) is 12.8 Å². The average molecular weight is 375 g/mol. The summed E-state index contributed by atoms with van der Waals surface area (Å²) in [6.45, 7) is 6.63. The molecule has 1 fully saturated rings. The van der Waals surface area contributed by atoms with E-state index in [1.807, 2.05) is 4.90 Å². The second-order valence-corrected chi connectivity index (χ2v) is 9.14. The molecule has 0 aromatic heterocycles. The predicted octanol–water partition coefficient (Wildman–Crippen LogP) is 2.49. The number of hydrogen-bond donors (Lipinski definition) is 1. The van der Waals surface area contributed by atoms with Crippen molar-refractivity contribution in [1.29, 1.82) is 0 Å². The Morgan fingerprint density at radius 1 is 1.29 bits per heavy atom. The fourth-order valence-corrected chi connectivity index (χ4v) is 4.03. The van der Waals surface area contributed by atoms with Crippen molar-refractivity contribution in [2.45, 2.75) is 49.8 Å². The van der Waals surface area contributed by atoms with Crippen molar-refractivity contribution in [3.05, 3.63) is 29.8 Å². The van der Waals surface area contributed by atoms with Crippen LogP contribution in [0.25, 0.3) is 0 Å². The van der Waals surface area contributed by atoms with Crippen LogP contribution in [0.15, 0.2) is 29.2 Å². The van der Waals surface area contributed by atoms with Gasteiger partial charge in [0.1, 0.15) is 0 Å². The number of halogens is 1. The average Bonchev–Trinajstić information content (AvgIpc) is 2.54. The topological polar surface area (TPSA) is 80.5 Å². The molecule has 0 spiro atoms. The number of rotatable bonds is 4. The molecule has 0 saturated carbocycles. The minimum absolute atomic E-state index is 0. The third-order valence-corrected chi connectivity index (χ3v) is 6.73. The summed E-state index contributed by atoms with van der Waals surface area (Å²) in [5.74, 6) is 0.506. The van der Waals surface area contributed by atoms with Crippen LogP contribution in [0.5, 0.6) is 0 Å². The van der Waals surface area contributed by atoms with Gasteiger partial charge in [-0.05, 0) is 56.9 Å². The molecule has 1 aromatic rings. The van der Waals surface area contributed by atoms with Gasteiger partial charge in [-0.3, -0.25) is 4.79 Å². The highest BCUT2D eigenvalue weighted by Crippen LogP contribution is 2.24. The summed E-state index contributed by atoms with van der Waals surface area (Å²) < 4.78 is 24.3. The maximum Gasteiger partial charge on any atom is 0.254 e. The van der Waals surface area contributed by atoms with Gasteiger partial charge in [0.05, 0.1) is 10.1 Å². The zero-order valence-electron chi connectivity index (χ0n) is 14.4. The number of benzene rings is 1. The molecule has 2 rings (SSSR count). The molecule has 1 aliphatic heterocycles. The first kappa shape index (κ1) is 20.9. The molecular formula is C17H27ClN2O3S. The van der Waals surface area contributed by atoms with Crippen LogP contribution in [0.2, 0.25) is 0 Å². The van der Waals surface area contributed by atoms with Crippen molar-refractivity contribution >= 4 is 28.2 Å². The number of hydrogen-bond acceptors (Lipinski definition) is 4. The summed E-state index contributed by atoms with van der Waals surface area (Å²) in [6.07, 6.45) is 1.89. The van der Waals surface area contributed by atoms with Gasteiger partial charge in [0.2, 0.25) is 0 Å². The highest BCUT2D eigenvalue weighted by Gasteiger charge is 2.29. The van der Waals surface area contributed by atoms with Gasteiger partial charge in [-0.15, -0.1) is 12.4 Å². The van der Waals surface area contributed by atoms with E-state index in [4.69, 9.17) is 5.73 Å². The molecule has 1 aliphatic rings. The molecule has 136 valence electrons. The molecule has 0 aliphatic carbocycles. The van der Waals surface area contributed by atoms with E-state index in [1.54, 1.807) is 26.0 Å². The smallest absolute Gasteiger partial charge is 0.254 e. The Morgan fingerprint density at radius 2 is 1.88 bits per heavy atom. The van der Waals surface area contributed by atoms with Crippen molar-refractivity contribution in [3.8, 4) is 0 Å². The molecule has 0 radical (unpaired) electrons. The van der Waals surface area contributed by atoms with Gasteiger partial charge >= 0.3 is 0 Å². The van der Waals surface area contributed by atoms with Crippen LogP contribution >= 0.6 is 12.4 Å². The predicted molar refractivity (Wildman–Crippen MR) is 98.3 cm³/mol. The zero-order chi connectivity index (χ0) is 17.2. The van der Waals surface area contributed by atoms with Crippen molar-refractivity contribution in [3.63, 3.8) is 0 Å².